The van der Waals surface area contributed by atoms with Crippen molar-refractivity contribution in [2.45, 2.75) is 19.4 Å². The molecule has 1 aromatic rings. The molecule has 1 aliphatic heterocycles. The van der Waals surface area contributed by atoms with Crippen molar-refractivity contribution < 1.29 is 9.90 Å². The average molecular weight is 237 g/mol. The van der Waals surface area contributed by atoms with Crippen molar-refractivity contribution in [1.82, 2.24) is 5.32 Å². The molecular weight excluding hydrogens is 222 g/mol. The van der Waals surface area contributed by atoms with Gasteiger partial charge in [-0.1, -0.05) is 0 Å². The van der Waals surface area contributed by atoms with Gasteiger partial charge in [-0.2, -0.15) is 11.8 Å². The molecule has 0 radical (unpaired) electrons. The van der Waals surface area contributed by atoms with Gasteiger partial charge in [-0.3, -0.25) is 4.79 Å². The summed E-state index contributed by atoms with van der Waals surface area (Å²) in [7, 11) is 0. The number of carbonyl (C=O) groups excluding carboxylic acids is 1. The lowest BCUT2D eigenvalue weighted by Gasteiger charge is -2.11. The molecule has 4 heteroatoms. The number of hydrogen-bond donors (Lipinski definition) is 2. The van der Waals surface area contributed by atoms with Crippen molar-refractivity contribution >= 4 is 17.7 Å². The molecule has 1 saturated heterocycles. The van der Waals surface area contributed by atoms with E-state index in [9.17, 15) is 9.90 Å². The van der Waals surface area contributed by atoms with Crippen molar-refractivity contribution in [3.8, 4) is 5.75 Å². The van der Waals surface area contributed by atoms with Crippen LogP contribution in [0.3, 0.4) is 0 Å². The van der Waals surface area contributed by atoms with Crippen LogP contribution in [-0.4, -0.2) is 28.6 Å². The monoisotopic (exact) mass is 237 g/mol. The van der Waals surface area contributed by atoms with E-state index in [1.807, 2.05) is 11.8 Å². The third-order valence-electron chi connectivity index (χ3n) is 2.72. The zero-order valence-corrected chi connectivity index (χ0v) is 10.0. The Morgan fingerprint density at radius 3 is 3.00 bits per heavy atom. The molecule has 3 nitrogen and oxygen atoms in total. The Morgan fingerprint density at radius 1 is 1.56 bits per heavy atom. The summed E-state index contributed by atoms with van der Waals surface area (Å²) in [4.78, 5) is 11.9. The molecule has 1 fully saturated rings. The van der Waals surface area contributed by atoms with E-state index < -0.39 is 0 Å². The molecular formula is C12H15NO2S. The van der Waals surface area contributed by atoms with Gasteiger partial charge in [0.1, 0.15) is 5.75 Å². The highest BCUT2D eigenvalue weighted by atomic mass is 32.2. The molecule has 0 aliphatic carbocycles. The molecule has 1 unspecified atom stereocenters. The lowest BCUT2D eigenvalue weighted by Crippen LogP contribution is -2.34. The number of hydrogen-bond acceptors (Lipinski definition) is 3. The predicted molar refractivity (Wildman–Crippen MR) is 66.0 cm³/mol. The minimum absolute atomic E-state index is 0.0457. The second-order valence-electron chi connectivity index (χ2n) is 4.04. The Morgan fingerprint density at radius 2 is 2.38 bits per heavy atom. The van der Waals surface area contributed by atoms with Crippen LogP contribution >= 0.6 is 11.8 Å². The van der Waals surface area contributed by atoms with Gasteiger partial charge in [0, 0.05) is 17.4 Å². The maximum Gasteiger partial charge on any atom is 0.251 e. The molecule has 0 spiro atoms. The van der Waals surface area contributed by atoms with E-state index in [0.29, 0.717) is 11.6 Å². The van der Waals surface area contributed by atoms with Crippen molar-refractivity contribution in [3.05, 3.63) is 29.3 Å². The molecule has 0 aromatic heterocycles. The number of nitrogens with one attached hydrogen (secondary N) is 1. The summed E-state index contributed by atoms with van der Waals surface area (Å²) < 4.78 is 0. The minimum atomic E-state index is -0.0457. The van der Waals surface area contributed by atoms with Crippen LogP contribution in [0.25, 0.3) is 0 Å². The summed E-state index contributed by atoms with van der Waals surface area (Å²) in [6, 6.07) is 5.23. The molecule has 1 aliphatic rings. The fourth-order valence-corrected chi connectivity index (χ4v) is 2.87. The van der Waals surface area contributed by atoms with E-state index in [2.05, 4.69) is 5.32 Å². The topological polar surface area (TPSA) is 49.3 Å². The number of amides is 1. The SMILES string of the molecule is Cc1cc(C(=O)NC2CCSC2)ccc1O. The van der Waals surface area contributed by atoms with E-state index >= 15 is 0 Å². The van der Waals surface area contributed by atoms with Gasteiger partial charge in [-0.15, -0.1) is 0 Å². The highest BCUT2D eigenvalue weighted by Crippen LogP contribution is 2.19. The lowest BCUT2D eigenvalue weighted by molar-refractivity contribution is 0.0941. The number of rotatable bonds is 2. The number of benzene rings is 1. The predicted octanol–water partition coefficient (Wildman–Crippen LogP) is 1.94. The van der Waals surface area contributed by atoms with Crippen LogP contribution in [0.1, 0.15) is 22.3 Å². The van der Waals surface area contributed by atoms with Gasteiger partial charge in [0.05, 0.1) is 0 Å². The molecule has 1 amide bonds. The molecule has 0 saturated carbocycles. The van der Waals surface area contributed by atoms with E-state index in [-0.39, 0.29) is 11.7 Å². The Kier molecular flexibility index (Phi) is 3.39. The van der Waals surface area contributed by atoms with Crippen LogP contribution in [0.15, 0.2) is 18.2 Å². The summed E-state index contributed by atoms with van der Waals surface area (Å²) in [5.41, 5.74) is 1.35. The number of aromatic hydroxyl groups is 1. The average Bonchev–Trinajstić information content (AvgIpc) is 2.74. The van der Waals surface area contributed by atoms with Crippen LogP contribution < -0.4 is 5.32 Å². The van der Waals surface area contributed by atoms with Crippen LogP contribution in [-0.2, 0) is 0 Å². The van der Waals surface area contributed by atoms with E-state index in [1.165, 1.54) is 0 Å². The summed E-state index contributed by atoms with van der Waals surface area (Å²) >= 11 is 1.87. The fourth-order valence-electron chi connectivity index (χ4n) is 1.71. The van der Waals surface area contributed by atoms with Crippen LogP contribution in [0, 0.1) is 6.92 Å². The van der Waals surface area contributed by atoms with Crippen molar-refractivity contribution in [1.29, 1.82) is 0 Å². The molecule has 1 heterocycles. The highest BCUT2D eigenvalue weighted by molar-refractivity contribution is 7.99. The van der Waals surface area contributed by atoms with Crippen molar-refractivity contribution in [2.75, 3.05) is 11.5 Å². The third kappa shape index (κ3) is 2.50. The maximum absolute atomic E-state index is 11.9. The first-order valence-corrected chi connectivity index (χ1v) is 6.50. The maximum atomic E-state index is 11.9. The summed E-state index contributed by atoms with van der Waals surface area (Å²) in [5, 5.41) is 12.4. The first-order chi connectivity index (χ1) is 7.66. The molecule has 86 valence electrons. The molecule has 1 aromatic carbocycles. The van der Waals surface area contributed by atoms with E-state index in [1.54, 1.807) is 25.1 Å². The number of carbonyl (C=O) groups is 1. The summed E-state index contributed by atoms with van der Waals surface area (Å²) in [6.45, 7) is 1.79. The van der Waals surface area contributed by atoms with Crippen LogP contribution in [0.4, 0.5) is 0 Å². The minimum Gasteiger partial charge on any atom is -0.508 e. The second kappa shape index (κ2) is 4.78. The van der Waals surface area contributed by atoms with Gasteiger partial charge in [0.2, 0.25) is 0 Å². The van der Waals surface area contributed by atoms with Gasteiger partial charge in [0.25, 0.3) is 5.91 Å². The lowest BCUT2D eigenvalue weighted by atomic mass is 10.1. The van der Waals surface area contributed by atoms with Gasteiger partial charge in [-0.25, -0.2) is 0 Å². The van der Waals surface area contributed by atoms with E-state index in [0.717, 1.165) is 23.5 Å². The zero-order valence-electron chi connectivity index (χ0n) is 9.19. The molecule has 2 rings (SSSR count). The molecule has 16 heavy (non-hydrogen) atoms. The first kappa shape index (κ1) is 11.3. The number of thioether (sulfide) groups is 1. The first-order valence-electron chi connectivity index (χ1n) is 5.35. The van der Waals surface area contributed by atoms with Gasteiger partial charge < -0.3 is 10.4 Å². The number of phenols is 1. The Hall–Kier alpha value is -1.16. The van der Waals surface area contributed by atoms with Gasteiger partial charge in [-0.05, 0) is 42.9 Å². The largest absolute Gasteiger partial charge is 0.508 e. The molecule has 2 N–H and O–H groups in total. The summed E-state index contributed by atoms with van der Waals surface area (Å²) in [6.07, 6.45) is 1.05. The Bertz CT molecular complexity index is 400. The zero-order chi connectivity index (χ0) is 11.5. The van der Waals surface area contributed by atoms with Gasteiger partial charge in [0.15, 0.2) is 0 Å². The molecule has 0 bridgehead atoms. The van der Waals surface area contributed by atoms with Crippen LogP contribution in [0.2, 0.25) is 0 Å². The smallest absolute Gasteiger partial charge is 0.251 e. The highest BCUT2D eigenvalue weighted by Gasteiger charge is 2.18. The van der Waals surface area contributed by atoms with Crippen LogP contribution in [0.5, 0.6) is 5.75 Å². The standard InChI is InChI=1S/C12H15NO2S/c1-8-6-9(2-3-11(8)14)12(15)13-10-4-5-16-7-10/h2-3,6,10,14H,4-5,7H2,1H3,(H,13,15). The third-order valence-corrected chi connectivity index (χ3v) is 3.89. The Labute approximate surface area is 99.2 Å². The number of phenolic OH excluding ortho intramolecular Hbond substituents is 1. The summed E-state index contributed by atoms with van der Waals surface area (Å²) in [5.74, 6) is 2.31. The normalized spacial score (nSPS) is 19.7. The molecule has 1 atom stereocenters. The van der Waals surface area contributed by atoms with E-state index in [4.69, 9.17) is 0 Å². The Balaban J connectivity index is 2.05. The van der Waals surface area contributed by atoms with Gasteiger partial charge >= 0.3 is 0 Å². The van der Waals surface area contributed by atoms with Crippen molar-refractivity contribution in [3.63, 3.8) is 0 Å². The fraction of sp³-hybridized carbons (Fsp3) is 0.417. The second-order valence-corrected chi connectivity index (χ2v) is 5.19. The van der Waals surface area contributed by atoms with Crippen molar-refractivity contribution in [2.24, 2.45) is 0 Å². The quantitative estimate of drug-likeness (QED) is 0.826. The number of aryl methyl sites for hydroxylation is 1.